The van der Waals surface area contributed by atoms with Crippen LogP contribution in [-0.4, -0.2) is 0 Å². The van der Waals surface area contributed by atoms with Gasteiger partial charge in [-0.2, -0.15) is 0 Å². The highest BCUT2D eigenvalue weighted by Crippen LogP contribution is 2.26. The lowest BCUT2D eigenvalue weighted by Crippen LogP contribution is -2.00. The van der Waals surface area contributed by atoms with Crippen LogP contribution in [0.4, 0.5) is 5.69 Å². The van der Waals surface area contributed by atoms with E-state index >= 15 is 0 Å². The van der Waals surface area contributed by atoms with Crippen LogP contribution < -0.4 is 5.32 Å². The Morgan fingerprint density at radius 1 is 0.905 bits per heavy atom. The molecule has 0 fully saturated rings. The second kappa shape index (κ2) is 6.15. The predicted octanol–water partition coefficient (Wildman–Crippen LogP) is 5.64. The zero-order valence-corrected chi connectivity index (χ0v) is 13.2. The maximum atomic E-state index is 3.55. The Bertz CT molecular complexity index is 728. The van der Waals surface area contributed by atoms with Crippen LogP contribution in [0.3, 0.4) is 0 Å². The van der Waals surface area contributed by atoms with Gasteiger partial charge in [-0.1, -0.05) is 42.5 Å². The van der Waals surface area contributed by atoms with Crippen molar-refractivity contribution in [2.24, 2.45) is 0 Å². The second-order valence-corrected chi connectivity index (χ2v) is 6.26. The topological polar surface area (TPSA) is 12.0 Å². The molecule has 0 bridgehead atoms. The zero-order valence-electron chi connectivity index (χ0n) is 12.4. The first-order chi connectivity index (χ1) is 10.2. The van der Waals surface area contributed by atoms with Crippen LogP contribution >= 0.6 is 11.3 Å². The number of benzene rings is 2. The van der Waals surface area contributed by atoms with Crippen molar-refractivity contribution in [3.8, 4) is 11.1 Å². The maximum absolute atomic E-state index is 3.55. The van der Waals surface area contributed by atoms with Gasteiger partial charge in [-0.05, 0) is 53.6 Å². The lowest BCUT2D eigenvalue weighted by atomic mass is 10.1. The molecular weight excluding hydrogens is 274 g/mol. The second-order valence-electron chi connectivity index (χ2n) is 5.27. The third-order valence-corrected chi connectivity index (χ3v) is 4.76. The number of thiophene rings is 1. The molecule has 2 aromatic carbocycles. The van der Waals surface area contributed by atoms with Gasteiger partial charge in [0.15, 0.2) is 0 Å². The number of aryl methyl sites for hydroxylation is 1. The first kappa shape index (κ1) is 13.9. The number of hydrogen-bond donors (Lipinski definition) is 1. The number of anilines is 1. The van der Waals surface area contributed by atoms with Crippen molar-refractivity contribution < 1.29 is 0 Å². The van der Waals surface area contributed by atoms with Crippen LogP contribution in [-0.2, 0) is 6.54 Å². The fraction of sp³-hybridized carbons (Fsp3) is 0.158. The molecule has 0 radical (unpaired) electrons. The Morgan fingerprint density at radius 2 is 1.71 bits per heavy atom. The molecule has 3 rings (SSSR count). The Labute approximate surface area is 130 Å². The van der Waals surface area contributed by atoms with Gasteiger partial charge in [-0.3, -0.25) is 0 Å². The monoisotopic (exact) mass is 293 g/mol. The van der Waals surface area contributed by atoms with E-state index in [1.54, 1.807) is 0 Å². The molecule has 2 heteroatoms. The highest BCUT2D eigenvalue weighted by molar-refractivity contribution is 7.10. The molecule has 1 nitrogen and oxygen atoms in total. The van der Waals surface area contributed by atoms with Gasteiger partial charge in [0, 0.05) is 17.1 Å². The van der Waals surface area contributed by atoms with Crippen LogP contribution in [0.25, 0.3) is 11.1 Å². The van der Waals surface area contributed by atoms with Gasteiger partial charge < -0.3 is 5.32 Å². The fourth-order valence-corrected chi connectivity index (χ4v) is 3.21. The van der Waals surface area contributed by atoms with Crippen molar-refractivity contribution in [1.29, 1.82) is 0 Å². The molecule has 21 heavy (non-hydrogen) atoms. The van der Waals surface area contributed by atoms with Gasteiger partial charge in [0.1, 0.15) is 0 Å². The zero-order chi connectivity index (χ0) is 14.7. The molecule has 1 aromatic heterocycles. The Hall–Kier alpha value is -2.06. The number of hydrogen-bond acceptors (Lipinski definition) is 2. The van der Waals surface area contributed by atoms with E-state index in [-0.39, 0.29) is 0 Å². The molecule has 1 heterocycles. The average Bonchev–Trinajstić information content (AvgIpc) is 2.99. The van der Waals surface area contributed by atoms with Crippen molar-refractivity contribution in [3.05, 3.63) is 76.0 Å². The van der Waals surface area contributed by atoms with Crippen molar-refractivity contribution in [3.63, 3.8) is 0 Å². The van der Waals surface area contributed by atoms with Gasteiger partial charge in [-0.15, -0.1) is 11.3 Å². The SMILES string of the molecule is Cc1cccc(NCc2cc(-c3ccccc3)cs2)c1C. The normalized spacial score (nSPS) is 10.6. The van der Waals surface area contributed by atoms with E-state index in [9.17, 15) is 0 Å². The van der Waals surface area contributed by atoms with Crippen LogP contribution in [0.15, 0.2) is 60.0 Å². The number of nitrogens with one attached hydrogen (secondary N) is 1. The van der Waals surface area contributed by atoms with E-state index in [1.165, 1.54) is 32.8 Å². The summed E-state index contributed by atoms with van der Waals surface area (Å²) >= 11 is 1.81. The molecule has 0 amide bonds. The van der Waals surface area contributed by atoms with Crippen LogP contribution in [0.5, 0.6) is 0 Å². The smallest absolute Gasteiger partial charge is 0.0494 e. The molecule has 0 aliphatic heterocycles. The summed E-state index contributed by atoms with van der Waals surface area (Å²) in [5.74, 6) is 0. The quantitative estimate of drug-likeness (QED) is 0.656. The fourth-order valence-electron chi connectivity index (χ4n) is 2.38. The van der Waals surface area contributed by atoms with Crippen molar-refractivity contribution in [2.75, 3.05) is 5.32 Å². The summed E-state index contributed by atoms with van der Waals surface area (Å²) in [6.45, 7) is 5.20. The Kier molecular flexibility index (Phi) is 4.07. The highest BCUT2D eigenvalue weighted by atomic mass is 32.1. The van der Waals surface area contributed by atoms with Crippen molar-refractivity contribution in [2.45, 2.75) is 20.4 Å². The average molecular weight is 293 g/mol. The summed E-state index contributed by atoms with van der Waals surface area (Å²) in [7, 11) is 0. The molecule has 0 saturated heterocycles. The van der Waals surface area contributed by atoms with Crippen molar-refractivity contribution >= 4 is 17.0 Å². The first-order valence-electron chi connectivity index (χ1n) is 7.17. The van der Waals surface area contributed by atoms with Gasteiger partial charge in [0.05, 0.1) is 0 Å². The molecule has 1 N–H and O–H groups in total. The summed E-state index contributed by atoms with van der Waals surface area (Å²) < 4.78 is 0. The standard InChI is InChI=1S/C19H19NS/c1-14-7-6-10-19(15(14)2)20-12-18-11-17(13-21-18)16-8-4-3-5-9-16/h3-11,13,20H,12H2,1-2H3. The Balaban J connectivity index is 1.72. The highest BCUT2D eigenvalue weighted by Gasteiger charge is 2.04. The lowest BCUT2D eigenvalue weighted by molar-refractivity contribution is 1.17. The molecule has 106 valence electrons. The van der Waals surface area contributed by atoms with E-state index in [4.69, 9.17) is 0 Å². The molecule has 0 spiro atoms. The Morgan fingerprint density at radius 3 is 2.52 bits per heavy atom. The van der Waals surface area contributed by atoms with E-state index in [0.29, 0.717) is 0 Å². The minimum absolute atomic E-state index is 0.877. The molecule has 0 unspecified atom stereocenters. The van der Waals surface area contributed by atoms with E-state index in [2.05, 4.69) is 79.1 Å². The van der Waals surface area contributed by atoms with Gasteiger partial charge in [0.2, 0.25) is 0 Å². The van der Waals surface area contributed by atoms with Crippen LogP contribution in [0.1, 0.15) is 16.0 Å². The first-order valence-corrected chi connectivity index (χ1v) is 8.05. The maximum Gasteiger partial charge on any atom is 0.0494 e. The van der Waals surface area contributed by atoms with Crippen molar-refractivity contribution in [1.82, 2.24) is 0 Å². The summed E-state index contributed by atoms with van der Waals surface area (Å²) in [5, 5.41) is 5.78. The lowest BCUT2D eigenvalue weighted by Gasteiger charge is -2.10. The largest absolute Gasteiger partial charge is 0.380 e. The number of rotatable bonds is 4. The van der Waals surface area contributed by atoms with E-state index < -0.39 is 0 Å². The molecular formula is C19H19NS. The van der Waals surface area contributed by atoms with Gasteiger partial charge >= 0.3 is 0 Å². The molecule has 0 aliphatic carbocycles. The van der Waals surface area contributed by atoms with Gasteiger partial charge in [0.25, 0.3) is 0 Å². The summed E-state index contributed by atoms with van der Waals surface area (Å²) in [4.78, 5) is 1.36. The molecule has 3 aromatic rings. The van der Waals surface area contributed by atoms with E-state index in [0.717, 1.165) is 6.54 Å². The third kappa shape index (κ3) is 3.17. The molecule has 0 aliphatic rings. The van der Waals surface area contributed by atoms with Crippen LogP contribution in [0.2, 0.25) is 0 Å². The van der Waals surface area contributed by atoms with E-state index in [1.807, 2.05) is 11.3 Å². The minimum atomic E-state index is 0.877. The summed E-state index contributed by atoms with van der Waals surface area (Å²) in [5.41, 5.74) is 6.48. The molecule has 0 atom stereocenters. The minimum Gasteiger partial charge on any atom is -0.380 e. The molecule has 0 saturated carbocycles. The summed E-state index contributed by atoms with van der Waals surface area (Å²) in [6.07, 6.45) is 0. The van der Waals surface area contributed by atoms with Crippen LogP contribution in [0, 0.1) is 13.8 Å². The van der Waals surface area contributed by atoms with Gasteiger partial charge in [-0.25, -0.2) is 0 Å². The summed E-state index contributed by atoms with van der Waals surface area (Å²) in [6, 6.07) is 19.2. The predicted molar refractivity (Wildman–Crippen MR) is 93.0 cm³/mol. The third-order valence-electron chi connectivity index (χ3n) is 3.82.